The van der Waals surface area contributed by atoms with Gasteiger partial charge in [0.2, 0.25) is 0 Å². The number of para-hydroxylation sites is 1. The Morgan fingerprint density at radius 2 is 2.06 bits per heavy atom. The van der Waals surface area contributed by atoms with E-state index in [0.29, 0.717) is 0 Å². The van der Waals surface area contributed by atoms with Crippen LogP contribution in [0.5, 0.6) is 5.75 Å². The third-order valence-corrected chi connectivity index (χ3v) is 2.81. The Hall–Kier alpha value is -1.55. The number of methoxy groups -OCH3 is 1. The largest absolute Gasteiger partial charge is 0.496 e. The van der Waals surface area contributed by atoms with Gasteiger partial charge in [0, 0.05) is 18.5 Å². The number of unbranched alkanes of at least 4 members (excludes halogenated alkanes) is 1. The summed E-state index contributed by atoms with van der Waals surface area (Å²) < 4.78 is 5.30. The minimum atomic E-state index is -0.720. The van der Waals surface area contributed by atoms with E-state index in [4.69, 9.17) is 9.84 Å². The summed E-state index contributed by atoms with van der Waals surface area (Å²) in [6.07, 6.45) is 1.88. The maximum absolute atomic E-state index is 10.4. The molecule has 1 aromatic carbocycles. The van der Waals surface area contributed by atoms with Gasteiger partial charge in [0.1, 0.15) is 5.75 Å². The van der Waals surface area contributed by atoms with Crippen molar-refractivity contribution in [1.82, 2.24) is 4.90 Å². The van der Waals surface area contributed by atoms with Gasteiger partial charge in [0.05, 0.1) is 7.11 Å². The van der Waals surface area contributed by atoms with Crippen molar-refractivity contribution in [3.05, 3.63) is 29.8 Å². The molecule has 0 unspecified atom stereocenters. The molecule has 0 atom stereocenters. The summed E-state index contributed by atoms with van der Waals surface area (Å²) in [5.41, 5.74) is 1.15. The van der Waals surface area contributed by atoms with Crippen LogP contribution >= 0.6 is 0 Å². The molecule has 18 heavy (non-hydrogen) atoms. The van der Waals surface area contributed by atoms with E-state index >= 15 is 0 Å². The van der Waals surface area contributed by atoms with Gasteiger partial charge in [-0.3, -0.25) is 4.79 Å². The second-order valence-corrected chi connectivity index (χ2v) is 4.40. The molecule has 0 saturated heterocycles. The van der Waals surface area contributed by atoms with Crippen LogP contribution in [-0.2, 0) is 11.3 Å². The Balaban J connectivity index is 2.35. The highest BCUT2D eigenvalue weighted by molar-refractivity contribution is 5.66. The van der Waals surface area contributed by atoms with Crippen molar-refractivity contribution in [2.24, 2.45) is 0 Å². The number of ether oxygens (including phenoxy) is 1. The number of rotatable bonds is 8. The van der Waals surface area contributed by atoms with Crippen LogP contribution in [-0.4, -0.2) is 36.7 Å². The molecular weight excluding hydrogens is 230 g/mol. The first-order valence-electron chi connectivity index (χ1n) is 6.15. The molecule has 4 heteroatoms. The molecule has 0 saturated carbocycles. The van der Waals surface area contributed by atoms with Gasteiger partial charge >= 0.3 is 5.97 Å². The fourth-order valence-corrected chi connectivity index (χ4v) is 1.86. The van der Waals surface area contributed by atoms with Crippen LogP contribution in [0.25, 0.3) is 0 Å². The van der Waals surface area contributed by atoms with Crippen LogP contribution in [0, 0.1) is 0 Å². The maximum Gasteiger partial charge on any atom is 0.303 e. The number of carboxylic acids is 1. The number of carboxylic acid groups (broad SMARTS) is 1. The molecule has 0 heterocycles. The Labute approximate surface area is 108 Å². The molecule has 4 nitrogen and oxygen atoms in total. The number of carbonyl (C=O) groups is 1. The molecular formula is C14H21NO3. The van der Waals surface area contributed by atoms with Crippen LogP contribution in [0.4, 0.5) is 0 Å². The molecule has 100 valence electrons. The third-order valence-electron chi connectivity index (χ3n) is 2.81. The first-order chi connectivity index (χ1) is 8.63. The van der Waals surface area contributed by atoms with E-state index in [9.17, 15) is 4.79 Å². The van der Waals surface area contributed by atoms with Gasteiger partial charge in [-0.25, -0.2) is 0 Å². The summed E-state index contributed by atoms with van der Waals surface area (Å²) in [5.74, 6) is 0.178. The van der Waals surface area contributed by atoms with E-state index in [2.05, 4.69) is 4.90 Å². The number of benzene rings is 1. The highest BCUT2D eigenvalue weighted by Crippen LogP contribution is 2.18. The van der Waals surface area contributed by atoms with E-state index in [1.54, 1.807) is 7.11 Å². The summed E-state index contributed by atoms with van der Waals surface area (Å²) >= 11 is 0. The zero-order valence-corrected chi connectivity index (χ0v) is 11.1. The molecule has 0 aromatic heterocycles. The summed E-state index contributed by atoms with van der Waals surface area (Å²) in [6, 6.07) is 7.95. The number of hydrogen-bond acceptors (Lipinski definition) is 3. The van der Waals surface area contributed by atoms with Crippen LogP contribution in [0.3, 0.4) is 0 Å². The molecule has 0 aliphatic rings. The second-order valence-electron chi connectivity index (χ2n) is 4.40. The van der Waals surface area contributed by atoms with Gasteiger partial charge in [-0.2, -0.15) is 0 Å². The van der Waals surface area contributed by atoms with E-state index < -0.39 is 5.97 Å². The lowest BCUT2D eigenvalue weighted by Gasteiger charge is -2.18. The molecule has 1 N–H and O–H groups in total. The van der Waals surface area contributed by atoms with E-state index in [0.717, 1.165) is 37.2 Å². The second kappa shape index (κ2) is 7.71. The predicted octanol–water partition coefficient (Wildman–Crippen LogP) is 2.38. The van der Waals surface area contributed by atoms with Crippen molar-refractivity contribution in [3.63, 3.8) is 0 Å². The van der Waals surface area contributed by atoms with Crippen molar-refractivity contribution < 1.29 is 14.6 Å². The Bertz CT molecular complexity index is 379. The van der Waals surface area contributed by atoms with Crippen LogP contribution in [0.1, 0.15) is 24.8 Å². The Morgan fingerprint density at radius 3 is 2.72 bits per heavy atom. The quantitative estimate of drug-likeness (QED) is 0.721. The van der Waals surface area contributed by atoms with Crippen molar-refractivity contribution in [2.45, 2.75) is 25.8 Å². The van der Waals surface area contributed by atoms with Gasteiger partial charge in [0.15, 0.2) is 0 Å². The summed E-state index contributed by atoms with van der Waals surface area (Å²) in [7, 11) is 3.71. The number of aliphatic carboxylic acids is 1. The topological polar surface area (TPSA) is 49.8 Å². The fourth-order valence-electron chi connectivity index (χ4n) is 1.86. The highest BCUT2D eigenvalue weighted by atomic mass is 16.5. The van der Waals surface area contributed by atoms with Crippen molar-refractivity contribution in [2.75, 3.05) is 20.7 Å². The standard InChI is InChI=1S/C14H21NO3/c1-15(10-6-5-9-14(16)17)11-12-7-3-4-8-13(12)18-2/h3-4,7-8H,5-6,9-11H2,1-2H3,(H,16,17). The average Bonchev–Trinajstić information content (AvgIpc) is 2.35. The van der Waals surface area contributed by atoms with Crippen LogP contribution in [0.15, 0.2) is 24.3 Å². The monoisotopic (exact) mass is 251 g/mol. The molecule has 0 amide bonds. The smallest absolute Gasteiger partial charge is 0.303 e. The average molecular weight is 251 g/mol. The molecule has 1 rings (SSSR count). The molecule has 0 fully saturated rings. The van der Waals surface area contributed by atoms with Crippen LogP contribution < -0.4 is 4.74 Å². The van der Waals surface area contributed by atoms with Gasteiger partial charge in [-0.05, 0) is 32.5 Å². The molecule has 1 aromatic rings. The van der Waals surface area contributed by atoms with E-state index in [1.165, 1.54) is 0 Å². The first-order valence-corrected chi connectivity index (χ1v) is 6.15. The minimum absolute atomic E-state index is 0.252. The summed E-state index contributed by atoms with van der Waals surface area (Å²) in [4.78, 5) is 12.6. The molecule has 0 radical (unpaired) electrons. The van der Waals surface area contributed by atoms with Crippen molar-refractivity contribution >= 4 is 5.97 Å². The number of hydrogen-bond donors (Lipinski definition) is 1. The molecule has 0 bridgehead atoms. The van der Waals surface area contributed by atoms with Crippen molar-refractivity contribution in [3.8, 4) is 5.75 Å². The molecule has 0 aliphatic carbocycles. The normalized spacial score (nSPS) is 10.6. The molecule has 0 aliphatic heterocycles. The molecule has 0 spiro atoms. The maximum atomic E-state index is 10.4. The van der Waals surface area contributed by atoms with Crippen molar-refractivity contribution in [1.29, 1.82) is 0 Å². The Morgan fingerprint density at radius 1 is 1.33 bits per heavy atom. The van der Waals surface area contributed by atoms with Gasteiger partial charge < -0.3 is 14.7 Å². The SMILES string of the molecule is COc1ccccc1CN(C)CCCCC(=O)O. The Kier molecular flexibility index (Phi) is 6.22. The van der Waals surface area contributed by atoms with Gasteiger partial charge in [0.25, 0.3) is 0 Å². The van der Waals surface area contributed by atoms with Gasteiger partial charge in [-0.1, -0.05) is 18.2 Å². The lowest BCUT2D eigenvalue weighted by molar-refractivity contribution is -0.137. The lowest BCUT2D eigenvalue weighted by Crippen LogP contribution is -2.19. The predicted molar refractivity (Wildman–Crippen MR) is 70.8 cm³/mol. The van der Waals surface area contributed by atoms with Crippen LogP contribution in [0.2, 0.25) is 0 Å². The zero-order chi connectivity index (χ0) is 13.4. The first kappa shape index (κ1) is 14.5. The van der Waals surface area contributed by atoms with E-state index in [-0.39, 0.29) is 6.42 Å². The summed E-state index contributed by atoms with van der Waals surface area (Å²) in [5, 5.41) is 8.55. The fraction of sp³-hybridized carbons (Fsp3) is 0.500. The number of nitrogens with zero attached hydrogens (tertiary/aromatic N) is 1. The minimum Gasteiger partial charge on any atom is -0.496 e. The highest BCUT2D eigenvalue weighted by Gasteiger charge is 2.05. The lowest BCUT2D eigenvalue weighted by atomic mass is 10.2. The van der Waals surface area contributed by atoms with E-state index in [1.807, 2.05) is 31.3 Å². The summed E-state index contributed by atoms with van der Waals surface area (Å²) in [6.45, 7) is 1.71. The zero-order valence-electron chi connectivity index (χ0n) is 11.1. The van der Waals surface area contributed by atoms with Gasteiger partial charge in [-0.15, -0.1) is 0 Å². The third kappa shape index (κ3) is 5.19.